The van der Waals surface area contributed by atoms with Crippen LogP contribution in [0.15, 0.2) is 11.6 Å². The van der Waals surface area contributed by atoms with Crippen molar-refractivity contribution in [2.75, 3.05) is 13.2 Å². The third-order valence-electron chi connectivity index (χ3n) is 3.89. The van der Waals surface area contributed by atoms with Crippen molar-refractivity contribution in [3.63, 3.8) is 0 Å². The Bertz CT molecular complexity index is 249. The van der Waals surface area contributed by atoms with E-state index >= 15 is 0 Å². The molecule has 0 fully saturated rings. The van der Waals surface area contributed by atoms with Gasteiger partial charge in [0.25, 0.3) is 0 Å². The maximum atomic E-state index is 6.04. The summed E-state index contributed by atoms with van der Waals surface area (Å²) >= 11 is 0. The largest absolute Gasteiger partial charge is 0.374 e. The Morgan fingerprint density at radius 1 is 1.35 bits per heavy atom. The van der Waals surface area contributed by atoms with E-state index in [4.69, 9.17) is 4.74 Å². The third-order valence-corrected chi connectivity index (χ3v) is 3.89. The fourth-order valence-corrected chi connectivity index (χ4v) is 2.79. The first kappa shape index (κ1) is 14.7. The van der Waals surface area contributed by atoms with Crippen LogP contribution in [-0.4, -0.2) is 24.8 Å². The van der Waals surface area contributed by atoms with E-state index < -0.39 is 0 Å². The molecule has 100 valence electrons. The summed E-state index contributed by atoms with van der Waals surface area (Å²) in [5, 5.41) is 3.64. The van der Waals surface area contributed by atoms with E-state index in [1.54, 1.807) is 5.57 Å². The van der Waals surface area contributed by atoms with E-state index in [1.807, 2.05) is 0 Å². The Balaban J connectivity index is 2.84. The number of hydrogen-bond acceptors (Lipinski definition) is 2. The smallest absolute Gasteiger partial charge is 0.0842 e. The van der Waals surface area contributed by atoms with E-state index in [9.17, 15) is 0 Å². The van der Waals surface area contributed by atoms with Gasteiger partial charge in [0, 0.05) is 6.61 Å². The van der Waals surface area contributed by atoms with Crippen molar-refractivity contribution in [3.8, 4) is 0 Å². The fourth-order valence-electron chi connectivity index (χ4n) is 2.79. The van der Waals surface area contributed by atoms with E-state index in [0.717, 1.165) is 19.6 Å². The topological polar surface area (TPSA) is 21.3 Å². The summed E-state index contributed by atoms with van der Waals surface area (Å²) < 4.78 is 6.04. The number of rotatable bonds is 7. The zero-order valence-electron chi connectivity index (χ0n) is 12.0. The van der Waals surface area contributed by atoms with Crippen molar-refractivity contribution in [1.29, 1.82) is 0 Å². The summed E-state index contributed by atoms with van der Waals surface area (Å²) in [5.41, 5.74) is 1.50. The predicted molar refractivity (Wildman–Crippen MR) is 74.3 cm³/mol. The Morgan fingerprint density at radius 3 is 2.59 bits per heavy atom. The lowest BCUT2D eigenvalue weighted by Crippen LogP contribution is -2.51. The second-order valence-electron chi connectivity index (χ2n) is 5.11. The van der Waals surface area contributed by atoms with Gasteiger partial charge in [0.15, 0.2) is 0 Å². The molecule has 0 aromatic carbocycles. The van der Waals surface area contributed by atoms with Gasteiger partial charge in [0.1, 0.15) is 0 Å². The monoisotopic (exact) mass is 239 g/mol. The molecule has 0 spiro atoms. The summed E-state index contributed by atoms with van der Waals surface area (Å²) in [7, 11) is 0. The van der Waals surface area contributed by atoms with Gasteiger partial charge in [-0.3, -0.25) is 0 Å². The lowest BCUT2D eigenvalue weighted by atomic mass is 9.82. The highest BCUT2D eigenvalue weighted by molar-refractivity contribution is 5.18. The summed E-state index contributed by atoms with van der Waals surface area (Å²) in [4.78, 5) is 0. The van der Waals surface area contributed by atoms with E-state index in [0.29, 0.717) is 6.04 Å². The average molecular weight is 239 g/mol. The van der Waals surface area contributed by atoms with Gasteiger partial charge in [-0.15, -0.1) is 0 Å². The molecule has 0 aliphatic heterocycles. The first-order valence-corrected chi connectivity index (χ1v) is 7.24. The third kappa shape index (κ3) is 3.82. The van der Waals surface area contributed by atoms with Crippen molar-refractivity contribution in [2.24, 2.45) is 0 Å². The first-order chi connectivity index (χ1) is 8.18. The quantitative estimate of drug-likeness (QED) is 0.684. The molecule has 0 aromatic heterocycles. The lowest BCUT2D eigenvalue weighted by molar-refractivity contribution is -0.0471. The van der Waals surface area contributed by atoms with Crippen LogP contribution in [0.5, 0.6) is 0 Å². The molecule has 2 atom stereocenters. The maximum absolute atomic E-state index is 6.04. The Kier molecular flexibility index (Phi) is 6.21. The number of ether oxygens (including phenoxy) is 1. The molecule has 1 aliphatic carbocycles. The summed E-state index contributed by atoms with van der Waals surface area (Å²) in [6, 6.07) is 0.387. The Hall–Kier alpha value is -0.340. The normalized spacial score (nSPS) is 21.8. The van der Waals surface area contributed by atoms with Crippen molar-refractivity contribution < 1.29 is 4.74 Å². The molecule has 0 heterocycles. The minimum Gasteiger partial charge on any atom is -0.374 e. The highest BCUT2D eigenvalue weighted by Gasteiger charge is 2.35. The molecule has 17 heavy (non-hydrogen) atoms. The van der Waals surface area contributed by atoms with Gasteiger partial charge >= 0.3 is 0 Å². The SMILES string of the molecule is CCNC(C1=CCCCC1)C(C)(CC)OCC. The van der Waals surface area contributed by atoms with Crippen LogP contribution in [0.3, 0.4) is 0 Å². The Morgan fingerprint density at radius 2 is 2.12 bits per heavy atom. The molecule has 1 aliphatic rings. The second-order valence-corrected chi connectivity index (χ2v) is 5.11. The minimum atomic E-state index is -0.0616. The standard InChI is InChI=1S/C15H29NO/c1-5-15(4,17-7-3)14(16-6-2)13-11-9-8-10-12-13/h11,14,16H,5-10,12H2,1-4H3. The van der Waals surface area contributed by atoms with Crippen LogP contribution in [-0.2, 0) is 4.74 Å². The zero-order chi connectivity index (χ0) is 12.7. The van der Waals surface area contributed by atoms with Crippen LogP contribution in [0.2, 0.25) is 0 Å². The molecule has 2 heteroatoms. The molecule has 2 nitrogen and oxygen atoms in total. The van der Waals surface area contributed by atoms with Gasteiger partial charge in [0.05, 0.1) is 11.6 Å². The molecule has 0 saturated carbocycles. The molecule has 1 rings (SSSR count). The van der Waals surface area contributed by atoms with E-state index in [-0.39, 0.29) is 5.60 Å². The number of nitrogens with one attached hydrogen (secondary N) is 1. The Labute approximate surface area is 107 Å². The van der Waals surface area contributed by atoms with Crippen LogP contribution in [0.25, 0.3) is 0 Å². The minimum absolute atomic E-state index is 0.0616. The van der Waals surface area contributed by atoms with Crippen LogP contribution in [0, 0.1) is 0 Å². The van der Waals surface area contributed by atoms with Crippen molar-refractivity contribution in [1.82, 2.24) is 5.32 Å². The molecular weight excluding hydrogens is 210 g/mol. The highest BCUT2D eigenvalue weighted by atomic mass is 16.5. The van der Waals surface area contributed by atoms with Crippen LogP contribution >= 0.6 is 0 Å². The molecule has 0 saturated heterocycles. The molecule has 0 bridgehead atoms. The summed E-state index contributed by atoms with van der Waals surface area (Å²) in [6.45, 7) is 10.5. The maximum Gasteiger partial charge on any atom is 0.0842 e. The summed E-state index contributed by atoms with van der Waals surface area (Å²) in [5.74, 6) is 0. The molecule has 2 unspecified atom stereocenters. The van der Waals surface area contributed by atoms with Gasteiger partial charge in [-0.1, -0.05) is 25.5 Å². The van der Waals surface area contributed by atoms with Gasteiger partial charge in [-0.05, 0) is 52.5 Å². The number of allylic oxidation sites excluding steroid dienone is 1. The van der Waals surface area contributed by atoms with Crippen molar-refractivity contribution in [3.05, 3.63) is 11.6 Å². The molecule has 0 aromatic rings. The van der Waals surface area contributed by atoms with Crippen LogP contribution in [0.4, 0.5) is 0 Å². The molecule has 0 amide bonds. The molecule has 1 N–H and O–H groups in total. The highest BCUT2D eigenvalue weighted by Crippen LogP contribution is 2.30. The first-order valence-electron chi connectivity index (χ1n) is 7.24. The zero-order valence-corrected chi connectivity index (χ0v) is 12.0. The lowest BCUT2D eigenvalue weighted by Gasteiger charge is -2.39. The van der Waals surface area contributed by atoms with Crippen LogP contribution in [0.1, 0.15) is 59.8 Å². The van der Waals surface area contributed by atoms with Crippen LogP contribution < -0.4 is 5.32 Å². The van der Waals surface area contributed by atoms with Gasteiger partial charge in [-0.25, -0.2) is 0 Å². The second kappa shape index (κ2) is 7.17. The van der Waals surface area contributed by atoms with Crippen molar-refractivity contribution >= 4 is 0 Å². The van der Waals surface area contributed by atoms with Crippen molar-refractivity contribution in [2.45, 2.75) is 71.4 Å². The summed E-state index contributed by atoms with van der Waals surface area (Å²) in [6.07, 6.45) is 8.64. The molecule has 0 radical (unpaired) electrons. The van der Waals surface area contributed by atoms with E-state index in [2.05, 4.69) is 39.1 Å². The molecular formula is C15H29NO. The van der Waals surface area contributed by atoms with Gasteiger partial charge in [-0.2, -0.15) is 0 Å². The predicted octanol–water partition coefficient (Wildman–Crippen LogP) is 3.67. The van der Waals surface area contributed by atoms with Gasteiger partial charge in [0.2, 0.25) is 0 Å². The van der Waals surface area contributed by atoms with E-state index in [1.165, 1.54) is 25.7 Å². The average Bonchev–Trinajstić information content (AvgIpc) is 2.37. The number of likely N-dealkylation sites (N-methyl/N-ethyl adjacent to an activating group) is 1. The van der Waals surface area contributed by atoms with Gasteiger partial charge < -0.3 is 10.1 Å². The number of hydrogen-bond donors (Lipinski definition) is 1. The fraction of sp³-hybridized carbons (Fsp3) is 0.867.